The minimum Gasteiger partial charge on any atom is -0.493 e. The molecule has 244 valence electrons. The monoisotopic (exact) mass is 630 g/mol. The van der Waals surface area contributed by atoms with Gasteiger partial charge in [0, 0.05) is 35.2 Å². The SMILES string of the molecule is C=O.COCC(C)(C)COc1ccc(NC(=O)c2cc(C)ccc2C(=O)O)cc1.Cc1ccc(COO)c(Nc2ccccc2)c1. The van der Waals surface area contributed by atoms with Crippen LogP contribution in [0.25, 0.3) is 0 Å². The Labute approximate surface area is 269 Å². The second-order valence-corrected chi connectivity index (χ2v) is 11.1. The van der Waals surface area contributed by atoms with Crippen LogP contribution in [0, 0.1) is 19.3 Å². The number of rotatable bonds is 12. The summed E-state index contributed by atoms with van der Waals surface area (Å²) in [5.74, 6) is -0.924. The Balaban J connectivity index is 0.000000332. The summed E-state index contributed by atoms with van der Waals surface area (Å²) in [6, 6.07) is 27.5. The zero-order chi connectivity index (χ0) is 34.1. The largest absolute Gasteiger partial charge is 0.493 e. The topological polar surface area (TPSA) is 143 Å². The number of ether oxygens (including phenoxy) is 2. The molecule has 0 unspecified atom stereocenters. The first-order valence-electron chi connectivity index (χ1n) is 14.4. The fraction of sp³-hybridized carbons (Fsp3) is 0.250. The van der Waals surface area contributed by atoms with Gasteiger partial charge >= 0.3 is 5.97 Å². The van der Waals surface area contributed by atoms with E-state index in [0.717, 1.165) is 28.1 Å². The van der Waals surface area contributed by atoms with Crippen molar-refractivity contribution in [3.63, 3.8) is 0 Å². The maximum atomic E-state index is 12.5. The van der Waals surface area contributed by atoms with Crippen LogP contribution in [-0.4, -0.2) is 49.4 Å². The van der Waals surface area contributed by atoms with E-state index in [1.807, 2.05) is 76.1 Å². The second kappa shape index (κ2) is 18.7. The molecule has 10 heteroatoms. The molecule has 0 aliphatic heterocycles. The Hall–Kier alpha value is -5.03. The van der Waals surface area contributed by atoms with Crippen LogP contribution >= 0.6 is 0 Å². The third kappa shape index (κ3) is 12.2. The highest BCUT2D eigenvalue weighted by Crippen LogP contribution is 2.24. The fourth-order valence-corrected chi connectivity index (χ4v) is 4.26. The zero-order valence-corrected chi connectivity index (χ0v) is 26.8. The van der Waals surface area contributed by atoms with Gasteiger partial charge in [0.2, 0.25) is 0 Å². The fourth-order valence-electron chi connectivity index (χ4n) is 4.26. The standard InChI is InChI=1S/C21H25NO5.C14H15NO2.CH2O/c1-14-5-10-17(20(24)25)18(11-14)19(23)22-15-6-8-16(9-7-15)27-13-21(2,3)12-26-4;1-11-7-8-12(10-17-16)14(9-11)15-13-5-3-2-4-6-13;1-2/h5-11H,12-13H2,1-4H3,(H,22,23)(H,24,25);2-9,15-16H,10H2,1H3;1H2. The lowest BCUT2D eigenvalue weighted by Gasteiger charge is -2.23. The van der Waals surface area contributed by atoms with Gasteiger partial charge in [0.05, 0.1) is 24.3 Å². The Kier molecular flexibility index (Phi) is 15.1. The van der Waals surface area contributed by atoms with Gasteiger partial charge in [0.1, 0.15) is 19.1 Å². The number of carboxylic acids is 1. The number of benzene rings is 4. The molecule has 0 atom stereocenters. The quantitative estimate of drug-likeness (QED) is 0.0922. The van der Waals surface area contributed by atoms with Crippen molar-refractivity contribution in [3.05, 3.63) is 119 Å². The van der Waals surface area contributed by atoms with Crippen molar-refractivity contribution in [2.45, 2.75) is 34.3 Å². The first kappa shape index (κ1) is 37.2. The molecule has 0 spiro atoms. The predicted octanol–water partition coefficient (Wildman–Crippen LogP) is 7.54. The number of nitrogens with one attached hydrogen (secondary N) is 2. The molecule has 10 nitrogen and oxygen atoms in total. The summed E-state index contributed by atoms with van der Waals surface area (Å²) in [5.41, 5.74) is 5.39. The molecule has 1 amide bonds. The van der Waals surface area contributed by atoms with E-state index in [-0.39, 0.29) is 23.1 Å². The van der Waals surface area contributed by atoms with Crippen molar-refractivity contribution in [3.8, 4) is 5.75 Å². The molecule has 0 radical (unpaired) electrons. The summed E-state index contributed by atoms with van der Waals surface area (Å²) >= 11 is 0. The number of carbonyl (C=O) groups is 3. The smallest absolute Gasteiger partial charge is 0.336 e. The number of methoxy groups -OCH3 is 1. The molecule has 4 rings (SSSR count). The Bertz CT molecular complexity index is 1540. The van der Waals surface area contributed by atoms with Gasteiger partial charge < -0.3 is 30.0 Å². The number of aryl methyl sites for hydroxylation is 2. The van der Waals surface area contributed by atoms with Crippen LogP contribution in [0.2, 0.25) is 0 Å². The highest BCUT2D eigenvalue weighted by atomic mass is 17.1. The summed E-state index contributed by atoms with van der Waals surface area (Å²) in [6.07, 6.45) is 0. The summed E-state index contributed by atoms with van der Waals surface area (Å²) in [5, 5.41) is 23.8. The molecule has 0 aromatic heterocycles. The Morgan fingerprint density at radius 3 is 2.04 bits per heavy atom. The summed E-state index contributed by atoms with van der Waals surface area (Å²) < 4.78 is 10.9. The van der Waals surface area contributed by atoms with Crippen molar-refractivity contribution < 1.29 is 39.1 Å². The van der Waals surface area contributed by atoms with Gasteiger partial charge in [-0.1, -0.05) is 55.8 Å². The van der Waals surface area contributed by atoms with E-state index < -0.39 is 11.9 Å². The molecule has 0 aliphatic rings. The number of aromatic carboxylic acids is 1. The summed E-state index contributed by atoms with van der Waals surface area (Å²) in [6.45, 7) is 11.2. The van der Waals surface area contributed by atoms with Crippen LogP contribution in [0.3, 0.4) is 0 Å². The van der Waals surface area contributed by atoms with E-state index in [0.29, 0.717) is 24.7 Å². The van der Waals surface area contributed by atoms with Gasteiger partial charge in [-0.15, -0.1) is 0 Å². The van der Waals surface area contributed by atoms with Gasteiger partial charge in [-0.2, -0.15) is 0 Å². The molecule has 4 aromatic rings. The first-order valence-corrected chi connectivity index (χ1v) is 14.4. The molecular weight excluding hydrogens is 588 g/mol. The van der Waals surface area contributed by atoms with Gasteiger partial charge in [-0.3, -0.25) is 10.1 Å². The average molecular weight is 631 g/mol. The molecule has 0 fully saturated rings. The van der Waals surface area contributed by atoms with E-state index in [2.05, 4.69) is 15.5 Å². The minimum atomic E-state index is -1.14. The number of carboxylic acid groups (broad SMARTS) is 1. The van der Waals surface area contributed by atoms with Crippen molar-refractivity contribution in [1.29, 1.82) is 0 Å². The van der Waals surface area contributed by atoms with Crippen molar-refractivity contribution in [2.75, 3.05) is 31.0 Å². The number of hydrogen-bond acceptors (Lipinski definition) is 8. The molecule has 0 saturated heterocycles. The van der Waals surface area contributed by atoms with Gasteiger partial charge in [0.15, 0.2) is 0 Å². The van der Waals surface area contributed by atoms with Crippen LogP contribution in [0.5, 0.6) is 5.75 Å². The lowest BCUT2D eigenvalue weighted by atomic mass is 9.96. The van der Waals surface area contributed by atoms with E-state index in [9.17, 15) is 14.7 Å². The van der Waals surface area contributed by atoms with E-state index in [1.165, 1.54) is 6.07 Å². The summed E-state index contributed by atoms with van der Waals surface area (Å²) in [7, 11) is 1.66. The highest BCUT2D eigenvalue weighted by Gasteiger charge is 2.19. The van der Waals surface area contributed by atoms with Crippen molar-refractivity contribution >= 4 is 35.7 Å². The van der Waals surface area contributed by atoms with Crippen LogP contribution in [0.1, 0.15) is 51.3 Å². The Morgan fingerprint density at radius 2 is 1.43 bits per heavy atom. The predicted molar refractivity (Wildman–Crippen MR) is 179 cm³/mol. The number of carbonyl (C=O) groups excluding carboxylic acids is 2. The molecule has 0 heterocycles. The third-order valence-electron chi connectivity index (χ3n) is 6.47. The molecule has 0 saturated carbocycles. The zero-order valence-electron chi connectivity index (χ0n) is 26.8. The van der Waals surface area contributed by atoms with Crippen LogP contribution < -0.4 is 15.4 Å². The normalized spacial score (nSPS) is 10.4. The third-order valence-corrected chi connectivity index (χ3v) is 6.47. The highest BCUT2D eigenvalue weighted by molar-refractivity contribution is 6.10. The molecule has 0 aliphatic carbocycles. The number of anilines is 3. The molecule has 46 heavy (non-hydrogen) atoms. The van der Waals surface area contributed by atoms with Crippen LogP contribution in [0.15, 0.2) is 91.0 Å². The van der Waals surface area contributed by atoms with Crippen molar-refractivity contribution in [1.82, 2.24) is 0 Å². The van der Waals surface area contributed by atoms with E-state index in [4.69, 9.17) is 19.5 Å². The maximum absolute atomic E-state index is 12.5. The Morgan fingerprint density at radius 1 is 0.804 bits per heavy atom. The minimum absolute atomic E-state index is 0.0292. The van der Waals surface area contributed by atoms with Crippen LogP contribution in [0.4, 0.5) is 17.1 Å². The first-order chi connectivity index (χ1) is 22.0. The molecule has 4 aromatic carbocycles. The lowest BCUT2D eigenvalue weighted by Crippen LogP contribution is -2.26. The van der Waals surface area contributed by atoms with Gasteiger partial charge in [-0.25, -0.2) is 9.68 Å². The number of hydrogen-bond donors (Lipinski definition) is 4. The molecule has 4 N–H and O–H groups in total. The molecular formula is C36H42N2O8. The van der Waals surface area contributed by atoms with Gasteiger partial charge in [-0.05, 0) is 74.0 Å². The van der Waals surface area contributed by atoms with E-state index >= 15 is 0 Å². The summed E-state index contributed by atoms with van der Waals surface area (Å²) in [4.78, 5) is 36.0. The van der Waals surface area contributed by atoms with E-state index in [1.54, 1.807) is 50.4 Å². The lowest BCUT2D eigenvalue weighted by molar-refractivity contribution is -0.252. The average Bonchev–Trinajstić information content (AvgIpc) is 3.04. The number of amides is 1. The van der Waals surface area contributed by atoms with Gasteiger partial charge in [0.25, 0.3) is 5.91 Å². The second-order valence-electron chi connectivity index (χ2n) is 11.1. The van der Waals surface area contributed by atoms with Crippen molar-refractivity contribution in [2.24, 2.45) is 5.41 Å². The maximum Gasteiger partial charge on any atom is 0.336 e. The molecule has 0 bridgehead atoms. The number of para-hydroxylation sites is 1. The van der Waals surface area contributed by atoms with Crippen LogP contribution in [-0.2, 0) is 21.0 Å².